The van der Waals surface area contributed by atoms with Crippen molar-refractivity contribution in [2.24, 2.45) is 5.11 Å². The maximum absolute atomic E-state index is 9.24. The van der Waals surface area contributed by atoms with Gasteiger partial charge in [-0.3, -0.25) is 0 Å². The molecule has 7 nitrogen and oxygen atoms in total. The molecular weight excluding hydrogens is 166 g/mol. The third-order valence-electron chi connectivity index (χ3n) is 1.77. The summed E-state index contributed by atoms with van der Waals surface area (Å²) in [6, 6.07) is 0. The maximum atomic E-state index is 9.24. The van der Waals surface area contributed by atoms with Gasteiger partial charge >= 0.3 is 0 Å². The Hall–Kier alpha value is -0.850. The zero-order valence-corrected chi connectivity index (χ0v) is 6.16. The van der Waals surface area contributed by atoms with E-state index in [0.29, 0.717) is 0 Å². The Labute approximate surface area is 67.8 Å². The molecule has 3 atom stereocenters. The van der Waals surface area contributed by atoms with Gasteiger partial charge in [0.25, 0.3) is 0 Å². The second kappa shape index (κ2) is 3.26. The van der Waals surface area contributed by atoms with Crippen LogP contribution in [0.4, 0.5) is 0 Å². The first-order valence-corrected chi connectivity index (χ1v) is 3.33. The van der Waals surface area contributed by atoms with Crippen molar-refractivity contribution in [2.75, 3.05) is 13.2 Å². The van der Waals surface area contributed by atoms with Crippen molar-refractivity contribution in [3.05, 3.63) is 10.4 Å². The number of rotatable bonds is 2. The molecule has 0 bridgehead atoms. The van der Waals surface area contributed by atoms with Crippen molar-refractivity contribution >= 4 is 0 Å². The van der Waals surface area contributed by atoms with Crippen LogP contribution in [0, 0.1) is 0 Å². The molecule has 12 heavy (non-hydrogen) atoms. The molecule has 0 aromatic carbocycles. The molecular formula is C5H9N3O4. The van der Waals surface area contributed by atoms with E-state index < -0.39 is 24.5 Å². The quantitative estimate of drug-likeness (QED) is 0.275. The predicted molar refractivity (Wildman–Crippen MR) is 36.9 cm³/mol. The van der Waals surface area contributed by atoms with Gasteiger partial charge in [0.1, 0.15) is 12.2 Å². The molecule has 1 fully saturated rings. The lowest BCUT2D eigenvalue weighted by Crippen LogP contribution is -2.44. The Kier molecular flexibility index (Phi) is 2.51. The summed E-state index contributed by atoms with van der Waals surface area (Å²) >= 11 is 0. The van der Waals surface area contributed by atoms with Gasteiger partial charge < -0.3 is 20.1 Å². The van der Waals surface area contributed by atoms with Crippen molar-refractivity contribution in [3.8, 4) is 0 Å². The van der Waals surface area contributed by atoms with Crippen molar-refractivity contribution in [1.82, 2.24) is 0 Å². The molecule has 1 rings (SSSR count). The number of azide groups is 1. The number of hydrogen-bond donors (Lipinski definition) is 3. The van der Waals surface area contributed by atoms with Crippen LogP contribution in [0.1, 0.15) is 0 Å². The average molecular weight is 175 g/mol. The van der Waals surface area contributed by atoms with Crippen molar-refractivity contribution in [1.29, 1.82) is 0 Å². The SMILES string of the molecule is [N-]=[N+]=N[C@]1(CO)OC[C@H](O)[C@@H]1O. The highest BCUT2D eigenvalue weighted by molar-refractivity contribution is 4.95. The van der Waals surface area contributed by atoms with Crippen molar-refractivity contribution in [2.45, 2.75) is 17.9 Å². The number of nitrogens with zero attached hydrogens (tertiary/aromatic N) is 3. The summed E-state index contributed by atoms with van der Waals surface area (Å²) in [4.78, 5) is 2.41. The van der Waals surface area contributed by atoms with Crippen LogP contribution in [0.3, 0.4) is 0 Å². The molecule has 1 saturated heterocycles. The first kappa shape index (κ1) is 9.24. The Balaban J connectivity index is 2.87. The summed E-state index contributed by atoms with van der Waals surface area (Å²) in [6.07, 6.45) is -2.50. The summed E-state index contributed by atoms with van der Waals surface area (Å²) in [5.74, 6) is 0. The highest BCUT2D eigenvalue weighted by Crippen LogP contribution is 2.27. The van der Waals surface area contributed by atoms with Gasteiger partial charge in [-0.1, -0.05) is 5.11 Å². The van der Waals surface area contributed by atoms with E-state index in [4.69, 9.17) is 20.5 Å². The number of ether oxygens (including phenoxy) is 1. The zero-order chi connectivity index (χ0) is 9.19. The minimum atomic E-state index is -1.71. The lowest BCUT2D eigenvalue weighted by molar-refractivity contribution is -0.0898. The molecule has 0 saturated carbocycles. The standard InChI is InChI=1S/C5H9N3O4/c6-8-7-5(2-9)4(11)3(10)1-12-5/h3-4,9-11H,1-2H2/t3-,4-,5+/m0/s1. The summed E-state index contributed by atoms with van der Waals surface area (Å²) in [5, 5.41) is 30.1. The van der Waals surface area contributed by atoms with Gasteiger partial charge in [0.2, 0.25) is 0 Å². The molecule has 1 heterocycles. The fourth-order valence-corrected chi connectivity index (χ4v) is 1.04. The Morgan fingerprint density at radius 1 is 1.67 bits per heavy atom. The van der Waals surface area contributed by atoms with E-state index in [1.165, 1.54) is 0 Å². The minimum absolute atomic E-state index is 0.152. The van der Waals surface area contributed by atoms with E-state index in [-0.39, 0.29) is 6.61 Å². The van der Waals surface area contributed by atoms with Crippen LogP contribution in [0.25, 0.3) is 10.4 Å². The topological polar surface area (TPSA) is 119 Å². The first-order chi connectivity index (χ1) is 5.66. The molecule has 0 aromatic rings. The van der Waals surface area contributed by atoms with E-state index in [9.17, 15) is 5.11 Å². The van der Waals surface area contributed by atoms with Crippen LogP contribution in [0.5, 0.6) is 0 Å². The van der Waals surface area contributed by atoms with E-state index in [1.807, 2.05) is 0 Å². The summed E-state index contributed by atoms with van der Waals surface area (Å²) in [7, 11) is 0. The Bertz CT molecular complexity index is 217. The summed E-state index contributed by atoms with van der Waals surface area (Å²) < 4.78 is 4.78. The second-order valence-electron chi connectivity index (χ2n) is 2.52. The van der Waals surface area contributed by atoms with Crippen LogP contribution >= 0.6 is 0 Å². The number of aliphatic hydroxyl groups is 3. The highest BCUT2D eigenvalue weighted by Gasteiger charge is 2.48. The van der Waals surface area contributed by atoms with Gasteiger partial charge in [0.15, 0.2) is 5.72 Å². The smallest absolute Gasteiger partial charge is 0.198 e. The first-order valence-electron chi connectivity index (χ1n) is 3.33. The predicted octanol–water partition coefficient (Wildman–Crippen LogP) is -1.26. The molecule has 0 spiro atoms. The third kappa shape index (κ3) is 1.24. The zero-order valence-electron chi connectivity index (χ0n) is 6.16. The van der Waals surface area contributed by atoms with Gasteiger partial charge in [0.05, 0.1) is 13.2 Å². The van der Waals surface area contributed by atoms with E-state index >= 15 is 0 Å². The summed E-state index contributed by atoms with van der Waals surface area (Å²) in [5.41, 5.74) is 6.39. The van der Waals surface area contributed by atoms with Gasteiger partial charge in [-0.25, -0.2) is 0 Å². The minimum Gasteiger partial charge on any atom is -0.393 e. The molecule has 1 aliphatic heterocycles. The van der Waals surface area contributed by atoms with Crippen LogP contribution < -0.4 is 0 Å². The molecule has 68 valence electrons. The largest absolute Gasteiger partial charge is 0.393 e. The Morgan fingerprint density at radius 3 is 2.67 bits per heavy atom. The molecule has 0 aliphatic carbocycles. The van der Waals surface area contributed by atoms with E-state index in [0.717, 1.165) is 0 Å². The fraction of sp³-hybridized carbons (Fsp3) is 1.00. The molecule has 7 heteroatoms. The molecule has 0 aromatic heterocycles. The van der Waals surface area contributed by atoms with Crippen LogP contribution in [0.2, 0.25) is 0 Å². The van der Waals surface area contributed by atoms with Gasteiger partial charge in [-0.2, -0.15) is 0 Å². The van der Waals surface area contributed by atoms with Gasteiger partial charge in [-0.05, 0) is 5.53 Å². The third-order valence-corrected chi connectivity index (χ3v) is 1.77. The molecule has 3 N–H and O–H groups in total. The normalized spacial score (nSPS) is 40.9. The van der Waals surface area contributed by atoms with Crippen LogP contribution in [-0.4, -0.2) is 46.5 Å². The van der Waals surface area contributed by atoms with E-state index in [2.05, 4.69) is 10.0 Å². The van der Waals surface area contributed by atoms with Crippen LogP contribution in [0.15, 0.2) is 5.11 Å². The van der Waals surface area contributed by atoms with Crippen molar-refractivity contribution < 1.29 is 20.1 Å². The molecule has 0 amide bonds. The lowest BCUT2D eigenvalue weighted by Gasteiger charge is -2.23. The summed E-state index contributed by atoms with van der Waals surface area (Å²) in [6.45, 7) is -0.809. The second-order valence-corrected chi connectivity index (χ2v) is 2.52. The Morgan fingerprint density at radius 2 is 2.33 bits per heavy atom. The van der Waals surface area contributed by atoms with Gasteiger partial charge in [-0.15, -0.1) is 0 Å². The fourth-order valence-electron chi connectivity index (χ4n) is 1.04. The molecule has 0 unspecified atom stereocenters. The monoisotopic (exact) mass is 175 g/mol. The lowest BCUT2D eigenvalue weighted by atomic mass is 10.1. The maximum Gasteiger partial charge on any atom is 0.198 e. The number of hydrogen-bond acceptors (Lipinski definition) is 5. The molecule has 1 aliphatic rings. The highest BCUT2D eigenvalue weighted by atomic mass is 16.6. The molecule has 0 radical (unpaired) electrons. The number of aliphatic hydroxyl groups excluding tert-OH is 3. The average Bonchev–Trinajstić information content (AvgIpc) is 2.35. The van der Waals surface area contributed by atoms with Gasteiger partial charge in [0, 0.05) is 4.91 Å². The van der Waals surface area contributed by atoms with E-state index in [1.54, 1.807) is 0 Å². The van der Waals surface area contributed by atoms with Crippen LogP contribution in [-0.2, 0) is 4.74 Å². The van der Waals surface area contributed by atoms with Crippen molar-refractivity contribution in [3.63, 3.8) is 0 Å².